The summed E-state index contributed by atoms with van der Waals surface area (Å²) in [5.41, 5.74) is 25.1. The first-order valence-corrected chi connectivity index (χ1v) is 37.3. The van der Waals surface area contributed by atoms with E-state index in [1.165, 1.54) is 0 Å². The highest BCUT2D eigenvalue weighted by atomic mass is 16.3. The van der Waals surface area contributed by atoms with E-state index in [9.17, 15) is 8.22 Å². The van der Waals surface area contributed by atoms with Gasteiger partial charge in [0.05, 0.1) is 44.4 Å². The van der Waals surface area contributed by atoms with E-state index in [0.717, 1.165) is 188 Å². The zero-order valence-corrected chi connectivity index (χ0v) is 59.2. The molecular formula is C104H65BN4O. The normalized spacial score (nSPS) is 13.5. The minimum absolute atomic E-state index is 0.00410. The Kier molecular flexibility index (Phi) is 12.1. The Bertz CT molecular complexity index is 7750. The van der Waals surface area contributed by atoms with E-state index in [0.29, 0.717) is 5.69 Å². The van der Waals surface area contributed by atoms with Crippen LogP contribution in [0.4, 0.5) is 34.1 Å². The molecule has 18 aromatic carbocycles. The summed E-state index contributed by atoms with van der Waals surface area (Å²) in [5, 5.41) is 8.74. The second kappa shape index (κ2) is 24.6. The number of aromatic nitrogens is 2. The molecule has 0 N–H and O–H groups in total. The minimum atomic E-state index is -0.556. The lowest BCUT2D eigenvalue weighted by atomic mass is 9.33. The summed E-state index contributed by atoms with van der Waals surface area (Å²) in [5.74, 6) is 0. The first-order chi connectivity index (χ1) is 57.9. The van der Waals surface area contributed by atoms with Crippen LogP contribution < -0.4 is 26.2 Å². The van der Waals surface area contributed by atoms with Crippen molar-refractivity contribution in [3.05, 3.63) is 394 Å². The Morgan fingerprint density at radius 1 is 0.245 bits per heavy atom. The molecule has 0 amide bonds. The summed E-state index contributed by atoms with van der Waals surface area (Å²) in [7, 11) is 0. The zero-order chi connectivity index (χ0) is 79.0. The van der Waals surface area contributed by atoms with Crippen LogP contribution in [0.1, 0.15) is 11.0 Å². The van der Waals surface area contributed by atoms with Gasteiger partial charge in [0, 0.05) is 88.7 Å². The number of rotatable bonds is 10. The second-order valence-electron chi connectivity index (χ2n) is 28.7. The van der Waals surface area contributed by atoms with Crippen LogP contribution in [-0.4, -0.2) is 15.8 Å². The fraction of sp³-hybridized carbons (Fsp3) is 0. The first-order valence-electron chi connectivity index (χ1n) is 41.3. The summed E-state index contributed by atoms with van der Waals surface area (Å²) < 4.78 is 86.7. The lowest BCUT2D eigenvalue weighted by molar-refractivity contribution is 0.669. The summed E-state index contributed by atoms with van der Waals surface area (Å²) >= 11 is 0. The highest BCUT2D eigenvalue weighted by molar-refractivity contribution is 7.00. The molecule has 0 saturated carbocycles. The molecule has 0 radical (unpaired) electrons. The number of para-hydroxylation sites is 7. The molecule has 3 aromatic heterocycles. The minimum Gasteiger partial charge on any atom is -0.456 e. The van der Waals surface area contributed by atoms with Crippen molar-refractivity contribution in [1.29, 1.82) is 0 Å². The molecule has 5 heterocycles. The van der Waals surface area contributed by atoms with E-state index in [2.05, 4.69) is 330 Å². The highest BCUT2D eigenvalue weighted by Crippen LogP contribution is 2.55. The number of furan rings is 1. The topological polar surface area (TPSA) is 29.5 Å². The van der Waals surface area contributed by atoms with Gasteiger partial charge in [0.2, 0.25) is 0 Å². The number of hydrogen-bond acceptors (Lipinski definition) is 3. The van der Waals surface area contributed by atoms with Crippen LogP contribution in [0.25, 0.3) is 165 Å². The number of benzene rings is 18. The summed E-state index contributed by atoms with van der Waals surface area (Å²) in [6.07, 6.45) is 0. The molecule has 2 aliphatic rings. The summed E-state index contributed by atoms with van der Waals surface area (Å²) in [6.45, 7) is -0.556. The van der Waals surface area contributed by atoms with Gasteiger partial charge >= 0.3 is 0 Å². The molecule has 5 nitrogen and oxygen atoms in total. The molecule has 0 fully saturated rings. The largest absolute Gasteiger partial charge is 0.456 e. The molecule has 0 unspecified atom stereocenters. The van der Waals surface area contributed by atoms with Crippen LogP contribution in [0.3, 0.4) is 0 Å². The Morgan fingerprint density at radius 2 is 0.718 bits per heavy atom. The van der Waals surface area contributed by atoms with E-state index >= 15 is 0 Å². The fourth-order valence-corrected chi connectivity index (χ4v) is 18.2. The van der Waals surface area contributed by atoms with Crippen molar-refractivity contribution in [2.45, 2.75) is 0 Å². The molecule has 0 spiro atoms. The molecule has 0 aliphatic carbocycles. The van der Waals surface area contributed by atoms with E-state index in [-0.39, 0.29) is 33.9 Å². The van der Waals surface area contributed by atoms with Gasteiger partial charge in [-0.2, -0.15) is 0 Å². The lowest BCUT2D eigenvalue weighted by Crippen LogP contribution is -2.61. The third-order valence-electron chi connectivity index (χ3n) is 22.9. The van der Waals surface area contributed by atoms with Crippen molar-refractivity contribution >= 4 is 144 Å². The lowest BCUT2D eigenvalue weighted by Gasteiger charge is -2.46. The molecule has 21 aromatic rings. The number of hydrogen-bond donors (Lipinski definition) is 0. The molecular weight excluding hydrogens is 1330 g/mol. The molecule has 110 heavy (non-hydrogen) atoms. The third kappa shape index (κ3) is 9.43. The van der Waals surface area contributed by atoms with Gasteiger partial charge < -0.3 is 23.4 Å². The molecule has 6 heteroatoms. The van der Waals surface area contributed by atoms with Crippen LogP contribution in [0.15, 0.2) is 399 Å². The Balaban J connectivity index is 0.898. The Hall–Kier alpha value is -14.5. The average Bonchev–Trinajstić information content (AvgIpc) is 1.24. The van der Waals surface area contributed by atoms with Crippen LogP contribution in [-0.2, 0) is 0 Å². The zero-order valence-electron chi connectivity index (χ0n) is 67.2. The smallest absolute Gasteiger partial charge is 0.252 e. The Morgan fingerprint density at radius 3 is 1.41 bits per heavy atom. The van der Waals surface area contributed by atoms with Gasteiger partial charge in [-0.3, -0.25) is 0 Å². The van der Waals surface area contributed by atoms with Crippen molar-refractivity contribution < 1.29 is 15.4 Å². The van der Waals surface area contributed by atoms with Crippen LogP contribution in [0.2, 0.25) is 0 Å². The maximum atomic E-state index is 9.91. The van der Waals surface area contributed by atoms with E-state index in [4.69, 9.17) is 7.16 Å². The maximum Gasteiger partial charge on any atom is 0.252 e. The van der Waals surface area contributed by atoms with Gasteiger partial charge in [-0.05, 0) is 173 Å². The Labute approximate surface area is 647 Å². The van der Waals surface area contributed by atoms with Crippen molar-refractivity contribution in [3.8, 4) is 78.1 Å². The monoisotopic (exact) mass is 1400 g/mol. The summed E-state index contributed by atoms with van der Waals surface area (Å²) in [4.78, 5) is 5.00. The van der Waals surface area contributed by atoms with Gasteiger partial charge in [-0.25, -0.2) is 0 Å². The van der Waals surface area contributed by atoms with Gasteiger partial charge in [-0.15, -0.1) is 0 Å². The fourth-order valence-electron chi connectivity index (χ4n) is 18.2. The van der Waals surface area contributed by atoms with Gasteiger partial charge in [0.15, 0.2) is 0 Å². The second-order valence-corrected chi connectivity index (χ2v) is 28.7. The molecule has 0 bridgehead atoms. The third-order valence-corrected chi connectivity index (χ3v) is 22.9. The van der Waals surface area contributed by atoms with Gasteiger partial charge in [0.25, 0.3) is 6.71 Å². The molecule has 0 atom stereocenters. The van der Waals surface area contributed by atoms with Gasteiger partial charge in [0.1, 0.15) is 11.2 Å². The van der Waals surface area contributed by atoms with Crippen molar-refractivity contribution in [3.63, 3.8) is 0 Å². The number of fused-ring (bicyclic) bond motifs is 16. The van der Waals surface area contributed by atoms with E-state index in [1.807, 2.05) is 30.3 Å². The summed E-state index contributed by atoms with van der Waals surface area (Å²) in [6, 6.07) is 120. The molecule has 23 rings (SSSR count). The van der Waals surface area contributed by atoms with E-state index < -0.39 is 43.0 Å². The van der Waals surface area contributed by atoms with Crippen molar-refractivity contribution in [2.75, 3.05) is 9.80 Å². The van der Waals surface area contributed by atoms with Crippen LogP contribution >= 0.6 is 0 Å². The highest BCUT2D eigenvalue weighted by Gasteiger charge is 2.46. The van der Waals surface area contributed by atoms with Crippen molar-refractivity contribution in [2.24, 2.45) is 0 Å². The van der Waals surface area contributed by atoms with Crippen LogP contribution in [0.5, 0.6) is 0 Å². The first kappa shape index (κ1) is 54.2. The van der Waals surface area contributed by atoms with Crippen LogP contribution in [0, 0.1) is 0 Å². The molecule has 2 aliphatic heterocycles. The van der Waals surface area contributed by atoms with Gasteiger partial charge in [-0.1, -0.05) is 303 Å². The molecule has 510 valence electrons. The van der Waals surface area contributed by atoms with E-state index in [1.54, 1.807) is 4.57 Å². The maximum absolute atomic E-state index is 9.91. The quantitative estimate of drug-likeness (QED) is 0.101. The number of nitrogens with zero attached hydrogens (tertiary/aromatic N) is 4. The average molecular weight is 1410 g/mol. The van der Waals surface area contributed by atoms with Crippen molar-refractivity contribution in [1.82, 2.24) is 9.13 Å². The SMILES string of the molecule is [2H]c1c([2H])c([2H])c2c(c1[2H])c1c([2H])c([2H])c([2H])c([2H])c1n2-c1ccc2c(c1)N(c1c(-c3ccccc3)cccc1-c1ccccc1)c1cc(-c3ccc4oc5ccccc5c4c3)cc3c1B2c1ccc(-c2ccc4c(c2)c2ccccc2n4-c2ccccc2)cc1N3c1c(-c2ccccc2)cccc1-c1cccc2c1ccc1ccccc12. The number of anilines is 6. The predicted molar refractivity (Wildman–Crippen MR) is 464 cm³/mol. The molecule has 0 saturated heterocycles. The predicted octanol–water partition coefficient (Wildman–Crippen LogP) is 26.2. The standard InChI is InChI=1S/C104H65BN4O/c1-5-26-66(27-6-1)77-40-23-41-78(67-28-7-2-8-29-67)103(77)109-97-65-75(107-92-46-19-15-36-83(92)84-37-16-20-47-93(84)107)54-57-91(97)105-90-56-51-72(70-52-58-95-88(60-70)85-38-17-21-48-94(85)106(95)74-33-11-4-12-34-74)62-96(90)108(98-63-73(64-99(109)102(98)105)71-53-59-101-89(61-71)86-39-18-22-49-100(86)110-101)104-79(68-30-9-3-10-31-68)42-24-45-87(104)81-44-25-43-80-76-35-14-13-32-69(76)50-55-82(80)81/h1-65H/i15D,16D,19D,20D,36D,37D,46D,47D.